The first kappa shape index (κ1) is 15.4. The largest absolute Gasteiger partial charge is 0.482 e. The van der Waals surface area contributed by atoms with Gasteiger partial charge in [0.25, 0.3) is 5.91 Å². The van der Waals surface area contributed by atoms with Gasteiger partial charge in [-0.05, 0) is 36.4 Å². The molecule has 0 spiro atoms. The third-order valence-electron chi connectivity index (χ3n) is 2.57. The second-order valence-electron chi connectivity index (χ2n) is 4.07. The highest BCUT2D eigenvalue weighted by atomic mass is 79.9. The molecule has 2 rings (SSSR count). The van der Waals surface area contributed by atoms with Gasteiger partial charge >= 0.3 is 0 Å². The molecule has 1 N–H and O–H groups in total. The number of hydrogen-bond acceptors (Lipinski definition) is 3. The maximum Gasteiger partial charge on any atom is 0.262 e. The Morgan fingerprint density at radius 3 is 2.67 bits per heavy atom. The molecule has 106 valence electrons. The molecule has 0 bridgehead atoms. The number of halogens is 2. The molecule has 0 atom stereocenters. The van der Waals surface area contributed by atoms with Crippen molar-refractivity contribution in [1.29, 1.82) is 5.26 Å². The minimum Gasteiger partial charge on any atom is -0.482 e. The lowest BCUT2D eigenvalue weighted by Gasteiger charge is -2.09. The van der Waals surface area contributed by atoms with E-state index >= 15 is 0 Å². The smallest absolute Gasteiger partial charge is 0.262 e. The van der Waals surface area contributed by atoms with Gasteiger partial charge in [-0.3, -0.25) is 4.79 Å². The lowest BCUT2D eigenvalue weighted by molar-refractivity contribution is -0.118. The van der Waals surface area contributed by atoms with E-state index in [9.17, 15) is 4.79 Å². The molecule has 1 amide bonds. The van der Waals surface area contributed by atoms with Crippen LogP contribution in [0.25, 0.3) is 0 Å². The zero-order valence-electron chi connectivity index (χ0n) is 10.8. The molecule has 0 radical (unpaired) electrons. The highest BCUT2D eigenvalue weighted by molar-refractivity contribution is 9.10. The summed E-state index contributed by atoms with van der Waals surface area (Å²) >= 11 is 9.20. The second kappa shape index (κ2) is 7.11. The molecule has 0 unspecified atom stereocenters. The second-order valence-corrected chi connectivity index (χ2v) is 5.39. The maximum absolute atomic E-state index is 11.8. The number of rotatable bonds is 4. The van der Waals surface area contributed by atoms with Crippen LogP contribution in [0.15, 0.2) is 46.9 Å². The first-order valence-electron chi connectivity index (χ1n) is 5.97. The third-order valence-corrected chi connectivity index (χ3v) is 3.42. The third kappa shape index (κ3) is 4.22. The van der Waals surface area contributed by atoms with Gasteiger partial charge in [0.15, 0.2) is 6.61 Å². The molecule has 0 aliphatic rings. The van der Waals surface area contributed by atoms with Crippen molar-refractivity contribution < 1.29 is 9.53 Å². The summed E-state index contributed by atoms with van der Waals surface area (Å²) in [7, 11) is 0. The van der Waals surface area contributed by atoms with E-state index in [0.717, 1.165) is 4.47 Å². The highest BCUT2D eigenvalue weighted by Gasteiger charge is 2.09. The van der Waals surface area contributed by atoms with E-state index in [-0.39, 0.29) is 23.8 Å². The highest BCUT2D eigenvalue weighted by Crippen LogP contribution is 2.25. The van der Waals surface area contributed by atoms with Crippen LogP contribution >= 0.6 is 27.5 Å². The van der Waals surface area contributed by atoms with Gasteiger partial charge in [0.2, 0.25) is 0 Å². The summed E-state index contributed by atoms with van der Waals surface area (Å²) in [4.78, 5) is 11.8. The molecule has 0 saturated carbocycles. The van der Waals surface area contributed by atoms with Crippen LogP contribution in [0.3, 0.4) is 0 Å². The molecular weight excluding hydrogens is 356 g/mol. The van der Waals surface area contributed by atoms with Gasteiger partial charge in [-0.2, -0.15) is 5.26 Å². The van der Waals surface area contributed by atoms with Gasteiger partial charge in [0.05, 0.1) is 5.02 Å². The van der Waals surface area contributed by atoms with Crippen molar-refractivity contribution in [1.82, 2.24) is 0 Å². The molecule has 0 aliphatic heterocycles. The summed E-state index contributed by atoms with van der Waals surface area (Å²) in [6, 6.07) is 14.0. The van der Waals surface area contributed by atoms with E-state index < -0.39 is 0 Å². The maximum atomic E-state index is 11.8. The summed E-state index contributed by atoms with van der Waals surface area (Å²) < 4.78 is 6.26. The Kier molecular flexibility index (Phi) is 5.20. The fourth-order valence-corrected chi connectivity index (χ4v) is 2.08. The van der Waals surface area contributed by atoms with Gasteiger partial charge in [-0.15, -0.1) is 0 Å². The van der Waals surface area contributed by atoms with Crippen molar-refractivity contribution in [3.05, 3.63) is 57.5 Å². The van der Waals surface area contributed by atoms with E-state index in [2.05, 4.69) is 21.2 Å². The molecule has 0 aliphatic carbocycles. The first-order chi connectivity index (χ1) is 10.1. The van der Waals surface area contributed by atoms with Gasteiger partial charge in [-0.1, -0.05) is 33.6 Å². The number of hydrogen-bond donors (Lipinski definition) is 1. The summed E-state index contributed by atoms with van der Waals surface area (Å²) in [6.45, 7) is -0.203. The number of amides is 1. The minimum atomic E-state index is -0.318. The summed E-state index contributed by atoms with van der Waals surface area (Å²) in [5, 5.41) is 12.0. The van der Waals surface area contributed by atoms with Crippen LogP contribution in [0.5, 0.6) is 5.75 Å². The Balaban J connectivity index is 1.97. The van der Waals surface area contributed by atoms with Gasteiger partial charge in [0.1, 0.15) is 17.4 Å². The van der Waals surface area contributed by atoms with Crippen LogP contribution in [0.4, 0.5) is 5.69 Å². The summed E-state index contributed by atoms with van der Waals surface area (Å²) in [5.74, 6) is -0.0304. The first-order valence-corrected chi connectivity index (χ1v) is 7.14. The number of ether oxygens (including phenoxy) is 1. The SMILES string of the molecule is N#Cc1c(Cl)cccc1OCC(=O)Nc1ccc(Br)cc1. The van der Waals surface area contributed by atoms with Crippen LogP contribution in [0.1, 0.15) is 5.56 Å². The fraction of sp³-hybridized carbons (Fsp3) is 0.0667. The number of benzene rings is 2. The predicted molar refractivity (Wildman–Crippen MR) is 84.4 cm³/mol. The standard InChI is InChI=1S/C15H10BrClN2O2/c16-10-4-6-11(7-5-10)19-15(20)9-21-14-3-1-2-13(17)12(14)8-18/h1-7H,9H2,(H,19,20). The Bertz CT molecular complexity index is 696. The van der Waals surface area contributed by atoms with Gasteiger partial charge in [0, 0.05) is 10.2 Å². The zero-order valence-corrected chi connectivity index (χ0v) is 13.1. The average molecular weight is 366 g/mol. The summed E-state index contributed by atoms with van der Waals surface area (Å²) in [6.07, 6.45) is 0. The van der Waals surface area contributed by atoms with Crippen molar-refractivity contribution in [2.45, 2.75) is 0 Å². The summed E-state index contributed by atoms with van der Waals surface area (Å²) in [5.41, 5.74) is 0.883. The number of anilines is 1. The van der Waals surface area contributed by atoms with Crippen LogP contribution in [0, 0.1) is 11.3 Å². The number of nitriles is 1. The molecule has 2 aromatic rings. The Morgan fingerprint density at radius 2 is 2.00 bits per heavy atom. The lowest BCUT2D eigenvalue weighted by atomic mass is 10.2. The monoisotopic (exact) mass is 364 g/mol. The topological polar surface area (TPSA) is 62.1 Å². The van der Waals surface area contributed by atoms with E-state index in [1.54, 1.807) is 30.3 Å². The number of nitrogens with one attached hydrogen (secondary N) is 1. The normalized spacial score (nSPS) is 9.76. The quantitative estimate of drug-likeness (QED) is 0.891. The Labute approximate surface area is 135 Å². The molecule has 0 fully saturated rings. The Hall–Kier alpha value is -2.03. The van der Waals surface area contributed by atoms with E-state index in [0.29, 0.717) is 10.7 Å². The van der Waals surface area contributed by atoms with Gasteiger partial charge in [-0.25, -0.2) is 0 Å². The molecule has 0 saturated heterocycles. The molecule has 21 heavy (non-hydrogen) atoms. The molecule has 2 aromatic carbocycles. The molecule has 6 heteroatoms. The van der Waals surface area contributed by atoms with Crippen molar-refractivity contribution in [2.75, 3.05) is 11.9 Å². The van der Waals surface area contributed by atoms with Crippen LogP contribution in [-0.4, -0.2) is 12.5 Å². The van der Waals surface area contributed by atoms with E-state index in [1.807, 2.05) is 18.2 Å². The van der Waals surface area contributed by atoms with Crippen molar-refractivity contribution in [2.24, 2.45) is 0 Å². The predicted octanol–water partition coefficient (Wildman–Crippen LogP) is 3.99. The van der Waals surface area contributed by atoms with Crippen LogP contribution < -0.4 is 10.1 Å². The van der Waals surface area contributed by atoms with Crippen molar-refractivity contribution in [3.8, 4) is 11.8 Å². The number of nitrogens with zero attached hydrogens (tertiary/aromatic N) is 1. The molecular formula is C15H10BrClN2O2. The zero-order chi connectivity index (χ0) is 15.2. The van der Waals surface area contributed by atoms with Crippen molar-refractivity contribution in [3.63, 3.8) is 0 Å². The van der Waals surface area contributed by atoms with Gasteiger partial charge < -0.3 is 10.1 Å². The molecule has 0 heterocycles. The molecule has 0 aromatic heterocycles. The van der Waals surface area contributed by atoms with Crippen LogP contribution in [0.2, 0.25) is 5.02 Å². The van der Waals surface area contributed by atoms with Crippen LogP contribution in [-0.2, 0) is 4.79 Å². The Morgan fingerprint density at radius 1 is 1.29 bits per heavy atom. The van der Waals surface area contributed by atoms with E-state index in [1.165, 1.54) is 0 Å². The average Bonchev–Trinajstić information content (AvgIpc) is 2.47. The fourth-order valence-electron chi connectivity index (χ4n) is 1.61. The minimum absolute atomic E-state index is 0.203. The van der Waals surface area contributed by atoms with Crippen molar-refractivity contribution >= 4 is 39.1 Å². The lowest BCUT2D eigenvalue weighted by Crippen LogP contribution is -2.20. The number of carbonyl (C=O) groups excluding carboxylic acids is 1. The number of carbonyl (C=O) groups is 1. The molecule has 4 nitrogen and oxygen atoms in total. The van der Waals surface area contributed by atoms with E-state index in [4.69, 9.17) is 21.6 Å².